The average Bonchev–Trinajstić information content (AvgIpc) is 2.55. The van der Waals surface area contributed by atoms with E-state index in [0.717, 1.165) is 10.2 Å². The topological polar surface area (TPSA) is 47.6 Å². The van der Waals surface area contributed by atoms with E-state index in [1.54, 1.807) is 31.5 Å². The van der Waals surface area contributed by atoms with Gasteiger partial charge in [-0.3, -0.25) is 4.79 Å². The molecule has 114 valence electrons. The van der Waals surface area contributed by atoms with Crippen LogP contribution in [0.4, 0.5) is 5.69 Å². The molecule has 0 aliphatic heterocycles. The third kappa shape index (κ3) is 3.89. The second-order valence-corrected chi connectivity index (χ2v) is 5.24. The fraction of sp³-hybridized carbons (Fsp3) is 0.118. The second-order valence-electron chi connectivity index (χ2n) is 4.39. The van der Waals surface area contributed by atoms with Crippen molar-refractivity contribution in [3.63, 3.8) is 0 Å². The van der Waals surface area contributed by atoms with Crippen LogP contribution >= 0.6 is 15.9 Å². The van der Waals surface area contributed by atoms with E-state index >= 15 is 0 Å². The van der Waals surface area contributed by atoms with Crippen molar-refractivity contribution >= 4 is 27.4 Å². The van der Waals surface area contributed by atoms with Gasteiger partial charge in [0.1, 0.15) is 11.5 Å². The van der Waals surface area contributed by atoms with Crippen LogP contribution in [-0.2, 0) is 0 Å². The second kappa shape index (κ2) is 7.66. The number of ketones is 1. The first-order valence-corrected chi connectivity index (χ1v) is 7.39. The maximum atomic E-state index is 12.2. The minimum absolute atomic E-state index is 0.154. The largest absolute Gasteiger partial charge is 0.497 e. The number of rotatable bonds is 6. The Balaban J connectivity index is 2.12. The molecule has 0 fully saturated rings. The Hall–Kier alpha value is -2.27. The molecule has 2 aromatic rings. The van der Waals surface area contributed by atoms with Gasteiger partial charge in [-0.2, -0.15) is 0 Å². The van der Waals surface area contributed by atoms with Gasteiger partial charge < -0.3 is 14.8 Å². The number of hydrogen-bond donors (Lipinski definition) is 1. The van der Waals surface area contributed by atoms with Crippen LogP contribution in [0, 0.1) is 0 Å². The van der Waals surface area contributed by atoms with Crippen LogP contribution in [0.15, 0.2) is 59.2 Å². The predicted molar refractivity (Wildman–Crippen MR) is 90.8 cm³/mol. The van der Waals surface area contributed by atoms with Gasteiger partial charge in [0, 0.05) is 22.8 Å². The van der Waals surface area contributed by atoms with Crippen molar-refractivity contribution in [3.05, 3.63) is 64.8 Å². The first-order valence-electron chi connectivity index (χ1n) is 6.59. The number of methoxy groups -OCH3 is 2. The summed E-state index contributed by atoms with van der Waals surface area (Å²) in [5, 5.41) is 3.06. The highest BCUT2D eigenvalue weighted by Gasteiger charge is 2.10. The lowest BCUT2D eigenvalue weighted by Crippen LogP contribution is -2.00. The summed E-state index contributed by atoms with van der Waals surface area (Å²) in [5.41, 5.74) is 1.36. The molecule has 0 unspecified atom stereocenters. The number of hydrogen-bond acceptors (Lipinski definition) is 4. The van der Waals surface area contributed by atoms with Crippen LogP contribution in [0.1, 0.15) is 10.4 Å². The molecule has 0 aromatic heterocycles. The van der Waals surface area contributed by atoms with E-state index in [9.17, 15) is 4.79 Å². The van der Waals surface area contributed by atoms with Crippen molar-refractivity contribution in [2.45, 2.75) is 0 Å². The third-order valence-corrected chi connectivity index (χ3v) is 3.71. The number of para-hydroxylation sites is 1. The summed E-state index contributed by atoms with van der Waals surface area (Å²) in [7, 11) is 3.09. The molecule has 0 spiro atoms. The molecular weight excluding hydrogens is 346 g/mol. The van der Waals surface area contributed by atoms with E-state index in [1.165, 1.54) is 13.2 Å². The summed E-state index contributed by atoms with van der Waals surface area (Å²) in [6.07, 6.45) is 3.07. The van der Waals surface area contributed by atoms with E-state index in [1.807, 2.05) is 24.3 Å². The number of carbonyl (C=O) groups is 1. The Kier molecular flexibility index (Phi) is 5.61. The fourth-order valence-electron chi connectivity index (χ4n) is 1.88. The van der Waals surface area contributed by atoms with E-state index in [-0.39, 0.29) is 5.78 Å². The fourth-order valence-corrected chi connectivity index (χ4v) is 2.28. The van der Waals surface area contributed by atoms with Crippen LogP contribution in [0.3, 0.4) is 0 Å². The summed E-state index contributed by atoms with van der Waals surface area (Å²) in [6, 6.07) is 12.8. The molecule has 0 radical (unpaired) electrons. The molecule has 0 bridgehead atoms. The lowest BCUT2D eigenvalue weighted by atomic mass is 10.1. The van der Waals surface area contributed by atoms with Crippen molar-refractivity contribution in [1.29, 1.82) is 0 Å². The molecule has 0 amide bonds. The standard InChI is InChI=1S/C17H16BrNO3/c1-21-12-7-8-13(17(11-12)22-2)16(20)9-10-19-15-6-4-3-5-14(15)18/h3-11,19H,1-2H3. The van der Waals surface area contributed by atoms with Crippen LogP contribution in [0.5, 0.6) is 11.5 Å². The van der Waals surface area contributed by atoms with Gasteiger partial charge >= 0.3 is 0 Å². The van der Waals surface area contributed by atoms with Gasteiger partial charge in [0.05, 0.1) is 25.5 Å². The lowest BCUT2D eigenvalue weighted by molar-refractivity contribution is 0.104. The Labute approximate surface area is 137 Å². The van der Waals surface area contributed by atoms with Gasteiger partial charge in [-0.05, 0) is 40.2 Å². The molecule has 22 heavy (non-hydrogen) atoms. The van der Waals surface area contributed by atoms with Gasteiger partial charge in [-0.1, -0.05) is 12.1 Å². The highest BCUT2D eigenvalue weighted by atomic mass is 79.9. The first kappa shape index (κ1) is 16.1. The molecule has 0 atom stereocenters. The van der Waals surface area contributed by atoms with Crippen LogP contribution in [0.2, 0.25) is 0 Å². The highest BCUT2D eigenvalue weighted by Crippen LogP contribution is 2.25. The van der Waals surface area contributed by atoms with Crippen LogP contribution in [-0.4, -0.2) is 20.0 Å². The smallest absolute Gasteiger partial charge is 0.191 e. The zero-order valence-electron chi connectivity index (χ0n) is 12.3. The lowest BCUT2D eigenvalue weighted by Gasteiger charge is -2.08. The van der Waals surface area contributed by atoms with Gasteiger partial charge in [0.2, 0.25) is 0 Å². The summed E-state index contributed by atoms with van der Waals surface area (Å²) in [6.45, 7) is 0. The molecule has 0 saturated heterocycles. The number of halogens is 1. The quantitative estimate of drug-likeness (QED) is 0.616. The molecule has 2 rings (SSSR count). The van der Waals surface area contributed by atoms with Gasteiger partial charge in [-0.25, -0.2) is 0 Å². The van der Waals surface area contributed by atoms with Crippen LogP contribution in [0.25, 0.3) is 0 Å². The molecule has 0 aliphatic rings. The molecule has 1 N–H and O–H groups in total. The number of carbonyl (C=O) groups excluding carboxylic acids is 1. The Morgan fingerprint density at radius 1 is 1.14 bits per heavy atom. The SMILES string of the molecule is COc1ccc(C(=O)C=CNc2ccccc2Br)c(OC)c1. The molecule has 4 nitrogen and oxygen atoms in total. The first-order chi connectivity index (χ1) is 10.7. The summed E-state index contributed by atoms with van der Waals surface area (Å²) in [5.74, 6) is 0.970. The average molecular weight is 362 g/mol. The monoisotopic (exact) mass is 361 g/mol. The van der Waals surface area contributed by atoms with Gasteiger partial charge in [-0.15, -0.1) is 0 Å². The molecule has 0 saturated carbocycles. The normalized spacial score (nSPS) is 10.5. The minimum Gasteiger partial charge on any atom is -0.497 e. The summed E-state index contributed by atoms with van der Waals surface area (Å²) in [4.78, 5) is 12.2. The number of benzene rings is 2. The summed E-state index contributed by atoms with van der Waals surface area (Å²) >= 11 is 3.43. The third-order valence-electron chi connectivity index (χ3n) is 3.02. The zero-order valence-corrected chi connectivity index (χ0v) is 13.9. The molecular formula is C17H16BrNO3. The van der Waals surface area contributed by atoms with Crippen molar-refractivity contribution in [3.8, 4) is 11.5 Å². The van der Waals surface area contributed by atoms with Crippen molar-refractivity contribution in [2.75, 3.05) is 19.5 Å². The molecule has 2 aromatic carbocycles. The number of nitrogens with one attached hydrogen (secondary N) is 1. The van der Waals surface area contributed by atoms with Crippen LogP contribution < -0.4 is 14.8 Å². The van der Waals surface area contributed by atoms with Crippen molar-refractivity contribution in [2.24, 2.45) is 0 Å². The molecule has 5 heteroatoms. The predicted octanol–water partition coefficient (Wildman–Crippen LogP) is 4.27. The molecule has 0 aliphatic carbocycles. The van der Waals surface area contributed by atoms with E-state index < -0.39 is 0 Å². The van der Waals surface area contributed by atoms with Crippen molar-refractivity contribution < 1.29 is 14.3 Å². The van der Waals surface area contributed by atoms with E-state index in [4.69, 9.17) is 9.47 Å². The number of anilines is 1. The number of ether oxygens (including phenoxy) is 2. The minimum atomic E-state index is -0.154. The highest BCUT2D eigenvalue weighted by molar-refractivity contribution is 9.10. The Morgan fingerprint density at radius 3 is 2.59 bits per heavy atom. The molecule has 0 heterocycles. The Bertz CT molecular complexity index is 698. The van der Waals surface area contributed by atoms with Gasteiger partial charge in [0.15, 0.2) is 5.78 Å². The summed E-state index contributed by atoms with van der Waals surface area (Å²) < 4.78 is 11.3. The maximum absolute atomic E-state index is 12.2. The maximum Gasteiger partial charge on any atom is 0.191 e. The van der Waals surface area contributed by atoms with Crippen molar-refractivity contribution in [1.82, 2.24) is 0 Å². The Morgan fingerprint density at radius 2 is 1.91 bits per heavy atom. The van der Waals surface area contributed by atoms with E-state index in [0.29, 0.717) is 17.1 Å². The van der Waals surface area contributed by atoms with Gasteiger partial charge in [0.25, 0.3) is 0 Å². The number of allylic oxidation sites excluding steroid dienone is 1. The van der Waals surface area contributed by atoms with E-state index in [2.05, 4.69) is 21.2 Å². The zero-order chi connectivity index (χ0) is 15.9.